The molecule has 1 fully saturated rings. The van der Waals surface area contributed by atoms with Crippen LogP contribution in [0.15, 0.2) is 24.3 Å². The van der Waals surface area contributed by atoms with E-state index in [4.69, 9.17) is 4.74 Å². The third kappa shape index (κ3) is 8.43. The summed E-state index contributed by atoms with van der Waals surface area (Å²) >= 11 is 0. The van der Waals surface area contributed by atoms with E-state index in [2.05, 4.69) is 52.5 Å². The maximum Gasteiger partial charge on any atom is 0.321 e. The third-order valence-electron chi connectivity index (χ3n) is 4.34. The van der Waals surface area contributed by atoms with Crippen molar-refractivity contribution in [2.45, 2.75) is 58.2 Å². The van der Waals surface area contributed by atoms with Crippen LogP contribution in [0, 0.1) is 0 Å². The molecule has 3 atom stereocenters. The maximum absolute atomic E-state index is 12.3. The van der Waals surface area contributed by atoms with Gasteiger partial charge in [0, 0.05) is 11.7 Å². The van der Waals surface area contributed by atoms with Crippen molar-refractivity contribution in [3.8, 4) is 5.75 Å². The van der Waals surface area contributed by atoms with Crippen molar-refractivity contribution in [3.63, 3.8) is 0 Å². The van der Waals surface area contributed by atoms with E-state index in [-0.39, 0.29) is 24.6 Å². The van der Waals surface area contributed by atoms with E-state index >= 15 is 0 Å². The van der Waals surface area contributed by atoms with Gasteiger partial charge in [0.05, 0.1) is 12.3 Å². The highest BCUT2D eigenvalue weighted by molar-refractivity contribution is 5.89. The molecule has 0 saturated carbocycles. The van der Waals surface area contributed by atoms with E-state index in [1.165, 1.54) is 0 Å². The summed E-state index contributed by atoms with van der Waals surface area (Å²) in [5, 5.41) is 16.0. The van der Waals surface area contributed by atoms with Crippen molar-refractivity contribution in [3.05, 3.63) is 24.3 Å². The van der Waals surface area contributed by atoms with Crippen molar-refractivity contribution in [2.75, 3.05) is 32.5 Å². The average Bonchev–Trinajstić information content (AvgIpc) is 2.59. The number of anilines is 1. The Morgan fingerprint density at radius 1 is 1.25 bits per heavy atom. The molecule has 8 nitrogen and oxygen atoms in total. The van der Waals surface area contributed by atoms with Gasteiger partial charge in [-0.3, -0.25) is 10.6 Å². The Balaban J connectivity index is 1.77. The fourth-order valence-electron chi connectivity index (χ4n) is 3.11. The molecule has 2 amide bonds. The largest absolute Gasteiger partial charge is 0.491 e. The number of ether oxygens (including phenoxy) is 1. The van der Waals surface area contributed by atoms with E-state index in [1.807, 2.05) is 38.1 Å². The van der Waals surface area contributed by atoms with Crippen LogP contribution in [-0.2, 0) is 0 Å². The van der Waals surface area contributed by atoms with Crippen LogP contribution < -0.4 is 31.3 Å². The molecule has 0 aliphatic carbocycles. The van der Waals surface area contributed by atoms with Gasteiger partial charge in [0.25, 0.3) is 0 Å². The van der Waals surface area contributed by atoms with Gasteiger partial charge in [-0.15, -0.1) is 0 Å². The fourth-order valence-corrected chi connectivity index (χ4v) is 3.11. The number of rotatable bonds is 9. The molecule has 1 saturated heterocycles. The molecule has 0 bridgehead atoms. The first-order chi connectivity index (χ1) is 13.3. The molecule has 1 heterocycles. The first-order valence-corrected chi connectivity index (χ1v) is 10.1. The summed E-state index contributed by atoms with van der Waals surface area (Å²) in [6.45, 7) is 8.07. The van der Waals surface area contributed by atoms with Gasteiger partial charge >= 0.3 is 6.03 Å². The second kappa shape index (κ2) is 11.2. The zero-order valence-corrected chi connectivity index (χ0v) is 17.7. The van der Waals surface area contributed by atoms with Crippen LogP contribution in [0.25, 0.3) is 0 Å². The van der Waals surface area contributed by atoms with Gasteiger partial charge < -0.3 is 25.6 Å². The topological polar surface area (TPSA) is 89.7 Å². The SMILES string of the molecule is CC1CC(NCCCN(C)C)NC(NC(=O)Nc2ccc(OC(C)C)cc2)N1. The van der Waals surface area contributed by atoms with Crippen LogP contribution in [0.4, 0.5) is 10.5 Å². The van der Waals surface area contributed by atoms with Crippen molar-refractivity contribution in [2.24, 2.45) is 0 Å². The number of hydrogen-bond acceptors (Lipinski definition) is 6. The smallest absolute Gasteiger partial charge is 0.321 e. The van der Waals surface area contributed by atoms with Crippen LogP contribution in [0.1, 0.15) is 33.6 Å². The van der Waals surface area contributed by atoms with Crippen molar-refractivity contribution in [1.29, 1.82) is 0 Å². The number of carbonyl (C=O) groups is 1. The highest BCUT2D eigenvalue weighted by Crippen LogP contribution is 2.16. The number of amides is 2. The predicted octanol–water partition coefficient (Wildman–Crippen LogP) is 1.72. The molecule has 0 radical (unpaired) electrons. The van der Waals surface area contributed by atoms with Crippen molar-refractivity contribution in [1.82, 2.24) is 26.2 Å². The summed E-state index contributed by atoms with van der Waals surface area (Å²) in [5.41, 5.74) is 0.718. The molecule has 8 heteroatoms. The molecule has 1 aromatic carbocycles. The Kier molecular flexibility index (Phi) is 8.98. The van der Waals surface area contributed by atoms with Crippen LogP contribution in [-0.4, -0.2) is 62.7 Å². The third-order valence-corrected chi connectivity index (χ3v) is 4.34. The van der Waals surface area contributed by atoms with E-state index in [1.54, 1.807) is 0 Å². The number of urea groups is 1. The second-order valence-electron chi connectivity index (χ2n) is 7.86. The Morgan fingerprint density at radius 3 is 2.61 bits per heavy atom. The molecular formula is C20H36N6O2. The maximum atomic E-state index is 12.3. The van der Waals surface area contributed by atoms with Gasteiger partial charge in [-0.05, 0) is 85.1 Å². The second-order valence-corrected chi connectivity index (χ2v) is 7.86. The lowest BCUT2D eigenvalue weighted by atomic mass is 10.1. The zero-order chi connectivity index (χ0) is 20.5. The number of hydrogen-bond donors (Lipinski definition) is 5. The van der Waals surface area contributed by atoms with E-state index in [0.29, 0.717) is 6.04 Å². The fraction of sp³-hybridized carbons (Fsp3) is 0.650. The average molecular weight is 393 g/mol. The Bertz CT molecular complexity index is 593. The van der Waals surface area contributed by atoms with Gasteiger partial charge in [0.1, 0.15) is 12.0 Å². The van der Waals surface area contributed by atoms with E-state index in [0.717, 1.165) is 37.4 Å². The quantitative estimate of drug-likeness (QED) is 0.411. The molecule has 5 N–H and O–H groups in total. The zero-order valence-electron chi connectivity index (χ0n) is 17.7. The number of carbonyl (C=O) groups excluding carboxylic acids is 1. The van der Waals surface area contributed by atoms with Crippen LogP contribution in [0.3, 0.4) is 0 Å². The minimum absolute atomic E-state index is 0.122. The van der Waals surface area contributed by atoms with E-state index < -0.39 is 0 Å². The highest BCUT2D eigenvalue weighted by atomic mass is 16.5. The summed E-state index contributed by atoms with van der Waals surface area (Å²) < 4.78 is 5.61. The monoisotopic (exact) mass is 392 g/mol. The lowest BCUT2D eigenvalue weighted by Crippen LogP contribution is -2.67. The molecule has 0 spiro atoms. The van der Waals surface area contributed by atoms with Crippen LogP contribution >= 0.6 is 0 Å². The molecule has 28 heavy (non-hydrogen) atoms. The first kappa shape index (κ1) is 22.4. The van der Waals surface area contributed by atoms with Gasteiger partial charge in [0.2, 0.25) is 0 Å². The molecule has 158 valence electrons. The number of nitrogens with zero attached hydrogens (tertiary/aromatic N) is 1. The minimum atomic E-state index is -0.293. The molecule has 1 aromatic rings. The summed E-state index contributed by atoms with van der Waals surface area (Å²) in [6, 6.07) is 7.40. The lowest BCUT2D eigenvalue weighted by Gasteiger charge is -2.37. The molecule has 0 aromatic heterocycles. The summed E-state index contributed by atoms with van der Waals surface area (Å²) in [4.78, 5) is 14.5. The Labute approximate surface area is 168 Å². The van der Waals surface area contributed by atoms with Crippen molar-refractivity contribution >= 4 is 11.7 Å². The summed E-state index contributed by atoms with van der Waals surface area (Å²) in [5.74, 6) is 0.786. The van der Waals surface area contributed by atoms with E-state index in [9.17, 15) is 4.79 Å². The molecule has 1 aliphatic heterocycles. The Hall–Kier alpha value is -1.87. The van der Waals surface area contributed by atoms with Gasteiger partial charge in [0.15, 0.2) is 0 Å². The molecular weight excluding hydrogens is 356 g/mol. The molecule has 1 aliphatic rings. The van der Waals surface area contributed by atoms with Crippen molar-refractivity contribution < 1.29 is 9.53 Å². The van der Waals surface area contributed by atoms with Crippen LogP contribution in [0.2, 0.25) is 0 Å². The number of benzene rings is 1. The number of nitrogens with one attached hydrogen (secondary N) is 5. The molecule has 2 rings (SSSR count). The lowest BCUT2D eigenvalue weighted by molar-refractivity contribution is 0.192. The Morgan fingerprint density at radius 2 is 1.96 bits per heavy atom. The predicted molar refractivity (Wildman–Crippen MR) is 113 cm³/mol. The van der Waals surface area contributed by atoms with Crippen LogP contribution in [0.5, 0.6) is 5.75 Å². The molecule has 3 unspecified atom stereocenters. The van der Waals surface area contributed by atoms with Gasteiger partial charge in [-0.25, -0.2) is 4.79 Å². The minimum Gasteiger partial charge on any atom is -0.491 e. The first-order valence-electron chi connectivity index (χ1n) is 10.1. The normalized spacial score (nSPS) is 22.3. The standard InChI is InChI=1S/C20H36N6O2/c1-14(2)28-17-9-7-16(8-10-17)23-20(27)25-19-22-15(3)13-18(24-19)21-11-6-12-26(4)5/h7-10,14-15,18-19,21-22,24H,6,11-13H2,1-5H3,(H2,23,25,27). The summed E-state index contributed by atoms with van der Waals surface area (Å²) in [6.07, 6.45) is 2.04. The highest BCUT2D eigenvalue weighted by Gasteiger charge is 2.25. The summed E-state index contributed by atoms with van der Waals surface area (Å²) in [7, 11) is 4.16. The van der Waals surface area contributed by atoms with Gasteiger partial charge in [-0.1, -0.05) is 0 Å². The van der Waals surface area contributed by atoms with Gasteiger partial charge in [-0.2, -0.15) is 0 Å².